The van der Waals surface area contributed by atoms with E-state index in [2.05, 4.69) is 15.4 Å². The predicted octanol–water partition coefficient (Wildman–Crippen LogP) is 1.81. The molecule has 0 saturated heterocycles. The van der Waals surface area contributed by atoms with Crippen LogP contribution in [0.15, 0.2) is 41.1 Å². The zero-order chi connectivity index (χ0) is 12.5. The Balaban J connectivity index is 2.04. The van der Waals surface area contributed by atoms with E-state index in [4.69, 9.17) is 10.3 Å². The number of anilines is 1. The number of hydrogen-bond donors (Lipinski definition) is 1. The summed E-state index contributed by atoms with van der Waals surface area (Å²) in [6, 6.07) is 9.34. The van der Waals surface area contributed by atoms with Crippen molar-refractivity contribution in [3.8, 4) is 17.0 Å². The Kier molecular flexibility index (Phi) is 2.33. The van der Waals surface area contributed by atoms with E-state index in [9.17, 15) is 0 Å². The average molecular weight is 241 g/mol. The van der Waals surface area contributed by atoms with Gasteiger partial charge in [-0.1, -0.05) is 17.3 Å². The monoisotopic (exact) mass is 241 g/mol. The van der Waals surface area contributed by atoms with Gasteiger partial charge in [-0.25, -0.2) is 0 Å². The van der Waals surface area contributed by atoms with Gasteiger partial charge in [-0.3, -0.25) is 0 Å². The van der Waals surface area contributed by atoms with Crippen LogP contribution in [0.2, 0.25) is 0 Å². The third-order valence-electron chi connectivity index (χ3n) is 2.50. The number of hydrogen-bond acceptors (Lipinski definition) is 5. The fourth-order valence-corrected chi connectivity index (χ4v) is 1.67. The molecule has 0 aliphatic rings. The lowest BCUT2D eigenvalue weighted by Gasteiger charge is -2.01. The SMILES string of the molecule is Cc1cnn(-c2cccc(-c3cc(N)no3)c2)n1. The third-order valence-corrected chi connectivity index (χ3v) is 2.50. The minimum absolute atomic E-state index is 0.364. The van der Waals surface area contributed by atoms with Crippen LogP contribution in [-0.2, 0) is 0 Å². The van der Waals surface area contributed by atoms with E-state index in [-0.39, 0.29) is 0 Å². The Morgan fingerprint density at radius 1 is 1.28 bits per heavy atom. The van der Waals surface area contributed by atoms with E-state index in [0.29, 0.717) is 11.6 Å². The second-order valence-electron chi connectivity index (χ2n) is 3.94. The van der Waals surface area contributed by atoms with Crippen molar-refractivity contribution in [3.05, 3.63) is 42.2 Å². The average Bonchev–Trinajstić information content (AvgIpc) is 2.98. The van der Waals surface area contributed by atoms with Crippen LogP contribution in [0.1, 0.15) is 5.69 Å². The maximum absolute atomic E-state index is 5.53. The van der Waals surface area contributed by atoms with Crippen molar-refractivity contribution in [2.75, 3.05) is 5.73 Å². The molecule has 2 N–H and O–H groups in total. The number of nitrogens with two attached hydrogens (primary N) is 1. The Hall–Kier alpha value is -2.63. The minimum atomic E-state index is 0.364. The van der Waals surface area contributed by atoms with Crippen LogP contribution in [-0.4, -0.2) is 20.2 Å². The fourth-order valence-electron chi connectivity index (χ4n) is 1.67. The van der Waals surface area contributed by atoms with Gasteiger partial charge in [0, 0.05) is 11.6 Å². The first kappa shape index (κ1) is 10.5. The van der Waals surface area contributed by atoms with Crippen molar-refractivity contribution in [1.82, 2.24) is 20.2 Å². The zero-order valence-corrected chi connectivity index (χ0v) is 9.74. The lowest BCUT2D eigenvalue weighted by Crippen LogP contribution is -1.98. The Labute approximate surface area is 103 Å². The van der Waals surface area contributed by atoms with Crippen LogP contribution >= 0.6 is 0 Å². The Bertz CT molecular complexity index is 630. The van der Waals surface area contributed by atoms with Crippen molar-refractivity contribution in [3.63, 3.8) is 0 Å². The predicted molar refractivity (Wildman–Crippen MR) is 66.0 cm³/mol. The van der Waals surface area contributed by atoms with E-state index < -0.39 is 0 Å². The molecular weight excluding hydrogens is 230 g/mol. The molecular formula is C12H11N5O. The van der Waals surface area contributed by atoms with Gasteiger partial charge in [-0.2, -0.15) is 15.0 Å². The van der Waals surface area contributed by atoms with E-state index in [1.165, 1.54) is 0 Å². The normalized spacial score (nSPS) is 10.7. The first-order valence-electron chi connectivity index (χ1n) is 5.44. The summed E-state index contributed by atoms with van der Waals surface area (Å²) in [5, 5.41) is 12.1. The van der Waals surface area contributed by atoms with Gasteiger partial charge in [0.15, 0.2) is 11.6 Å². The van der Waals surface area contributed by atoms with Gasteiger partial charge in [0.1, 0.15) is 0 Å². The summed E-state index contributed by atoms with van der Waals surface area (Å²) < 4.78 is 5.12. The highest BCUT2D eigenvalue weighted by Gasteiger charge is 2.07. The first-order valence-corrected chi connectivity index (χ1v) is 5.44. The van der Waals surface area contributed by atoms with E-state index >= 15 is 0 Å². The molecule has 1 aromatic carbocycles. The van der Waals surface area contributed by atoms with E-state index in [1.807, 2.05) is 31.2 Å². The summed E-state index contributed by atoms with van der Waals surface area (Å²) in [5.74, 6) is 0.988. The van der Waals surface area contributed by atoms with Crippen molar-refractivity contribution >= 4 is 5.82 Å². The van der Waals surface area contributed by atoms with Crippen molar-refractivity contribution in [2.24, 2.45) is 0 Å². The minimum Gasteiger partial charge on any atom is -0.381 e. The molecule has 0 bridgehead atoms. The molecule has 3 aromatic rings. The smallest absolute Gasteiger partial charge is 0.169 e. The molecule has 0 fully saturated rings. The number of nitrogen functional groups attached to an aromatic ring is 1. The molecule has 0 saturated carbocycles. The molecule has 2 aromatic heterocycles. The van der Waals surface area contributed by atoms with E-state index in [0.717, 1.165) is 16.9 Å². The van der Waals surface area contributed by atoms with Crippen LogP contribution < -0.4 is 5.73 Å². The molecule has 6 heteroatoms. The molecule has 0 amide bonds. The highest BCUT2D eigenvalue weighted by molar-refractivity contribution is 5.62. The number of aryl methyl sites for hydroxylation is 1. The largest absolute Gasteiger partial charge is 0.381 e. The number of rotatable bonds is 2. The summed E-state index contributed by atoms with van der Waals surface area (Å²) in [4.78, 5) is 1.57. The second kappa shape index (κ2) is 3.99. The highest BCUT2D eigenvalue weighted by Crippen LogP contribution is 2.23. The molecule has 0 spiro atoms. The van der Waals surface area contributed by atoms with E-state index in [1.54, 1.807) is 17.1 Å². The van der Waals surface area contributed by atoms with Crippen molar-refractivity contribution < 1.29 is 4.52 Å². The molecule has 2 heterocycles. The maximum atomic E-state index is 5.53. The van der Waals surface area contributed by atoms with Gasteiger partial charge in [0.05, 0.1) is 17.6 Å². The molecule has 18 heavy (non-hydrogen) atoms. The third kappa shape index (κ3) is 1.84. The topological polar surface area (TPSA) is 82.8 Å². The molecule has 6 nitrogen and oxygen atoms in total. The summed E-state index contributed by atoms with van der Waals surface area (Å²) in [5.41, 5.74) is 8.14. The molecule has 3 rings (SSSR count). The molecule has 0 aliphatic heterocycles. The van der Waals surface area contributed by atoms with Gasteiger partial charge >= 0.3 is 0 Å². The Morgan fingerprint density at radius 3 is 2.83 bits per heavy atom. The highest BCUT2D eigenvalue weighted by atomic mass is 16.5. The summed E-state index contributed by atoms with van der Waals surface area (Å²) >= 11 is 0. The quantitative estimate of drug-likeness (QED) is 0.739. The van der Waals surface area contributed by atoms with Crippen molar-refractivity contribution in [2.45, 2.75) is 6.92 Å². The van der Waals surface area contributed by atoms with Crippen LogP contribution in [0.4, 0.5) is 5.82 Å². The van der Waals surface area contributed by atoms with Gasteiger partial charge in [0.2, 0.25) is 0 Å². The molecule has 90 valence electrons. The number of nitrogens with zero attached hydrogens (tertiary/aromatic N) is 4. The van der Waals surface area contributed by atoms with Gasteiger partial charge < -0.3 is 10.3 Å². The molecule has 0 atom stereocenters. The fraction of sp³-hybridized carbons (Fsp3) is 0.0833. The number of benzene rings is 1. The van der Waals surface area contributed by atoms with Gasteiger partial charge in [0.25, 0.3) is 0 Å². The maximum Gasteiger partial charge on any atom is 0.169 e. The molecule has 0 aliphatic carbocycles. The lowest BCUT2D eigenvalue weighted by molar-refractivity contribution is 0.436. The molecule has 0 radical (unpaired) electrons. The summed E-state index contributed by atoms with van der Waals surface area (Å²) in [7, 11) is 0. The van der Waals surface area contributed by atoms with Gasteiger partial charge in [-0.05, 0) is 19.1 Å². The van der Waals surface area contributed by atoms with Crippen LogP contribution in [0.25, 0.3) is 17.0 Å². The first-order chi connectivity index (χ1) is 8.72. The second-order valence-corrected chi connectivity index (χ2v) is 3.94. The van der Waals surface area contributed by atoms with Gasteiger partial charge in [-0.15, -0.1) is 0 Å². The summed E-state index contributed by atoms with van der Waals surface area (Å²) in [6.07, 6.45) is 1.71. The zero-order valence-electron chi connectivity index (χ0n) is 9.74. The van der Waals surface area contributed by atoms with Crippen LogP contribution in [0.5, 0.6) is 0 Å². The Morgan fingerprint density at radius 2 is 2.17 bits per heavy atom. The number of aromatic nitrogens is 4. The van der Waals surface area contributed by atoms with Crippen LogP contribution in [0, 0.1) is 6.92 Å². The van der Waals surface area contributed by atoms with Crippen LogP contribution in [0.3, 0.4) is 0 Å². The lowest BCUT2D eigenvalue weighted by atomic mass is 10.1. The van der Waals surface area contributed by atoms with Crippen molar-refractivity contribution in [1.29, 1.82) is 0 Å². The standard InChI is InChI=1S/C12H11N5O/c1-8-7-14-17(15-8)10-4-2-3-9(5-10)11-6-12(13)16-18-11/h2-7H,1H3,(H2,13,16). The molecule has 0 unspecified atom stereocenters. The summed E-state index contributed by atoms with van der Waals surface area (Å²) in [6.45, 7) is 1.89.